The first-order chi connectivity index (χ1) is 17.4. The van der Waals surface area contributed by atoms with Crippen molar-refractivity contribution in [1.82, 2.24) is 14.9 Å². The third-order valence-corrected chi connectivity index (χ3v) is 9.22. The Labute approximate surface area is 220 Å². The van der Waals surface area contributed by atoms with Crippen molar-refractivity contribution in [1.29, 1.82) is 0 Å². The Morgan fingerprint density at radius 1 is 1.14 bits per heavy atom. The molecule has 3 aliphatic rings. The van der Waals surface area contributed by atoms with E-state index in [1.165, 1.54) is 0 Å². The molecule has 0 radical (unpaired) electrons. The molecular formula is C29H42N4O4. The quantitative estimate of drug-likeness (QED) is 0.454. The van der Waals surface area contributed by atoms with Crippen molar-refractivity contribution in [2.45, 2.75) is 91.5 Å². The Balaban J connectivity index is 1.57. The molecule has 3 fully saturated rings. The molecule has 2 N–H and O–H groups in total. The van der Waals surface area contributed by atoms with E-state index in [2.05, 4.69) is 16.9 Å². The molecule has 37 heavy (non-hydrogen) atoms. The number of ketones is 2. The summed E-state index contributed by atoms with van der Waals surface area (Å²) in [5, 5.41) is 0. The van der Waals surface area contributed by atoms with E-state index in [-0.39, 0.29) is 28.9 Å². The van der Waals surface area contributed by atoms with Gasteiger partial charge in [-0.05, 0) is 48.0 Å². The number of Topliss-reactive ketones (excluding diaryl/α,β-unsaturated/α-hetero) is 2. The first kappa shape index (κ1) is 27.4. The Morgan fingerprint density at radius 3 is 2.32 bits per heavy atom. The molecule has 1 aliphatic heterocycles. The predicted octanol–water partition coefficient (Wildman–Crippen LogP) is 3.52. The standard InChI is InChI=1S/C29H42N4O4/c1-5-20-15-29(20)16-22(23(34)13-19(25(35)26(30)36)12-18-8-6-9-18)33(17-29)27(37)21(28(2,3)4)14-24-31-10-7-11-32-24/h7,10-11,18-22H,5-6,8-9,12-17H2,1-4H3,(H2,30,36)/t19?,20-,21+,22?,29?/m0/s1. The zero-order chi connectivity index (χ0) is 27.0. The number of carbonyl (C=O) groups is 4. The minimum atomic E-state index is -0.975. The van der Waals surface area contributed by atoms with Crippen LogP contribution < -0.4 is 5.73 Å². The average Bonchev–Trinajstić information content (AvgIpc) is 3.36. The number of hydrogen-bond acceptors (Lipinski definition) is 6. The van der Waals surface area contributed by atoms with E-state index < -0.39 is 29.6 Å². The molecule has 5 atom stereocenters. The van der Waals surface area contributed by atoms with Gasteiger partial charge in [0.25, 0.3) is 5.91 Å². The van der Waals surface area contributed by atoms with Crippen LogP contribution in [0.5, 0.6) is 0 Å². The van der Waals surface area contributed by atoms with E-state index in [0.717, 1.165) is 32.1 Å². The van der Waals surface area contributed by atoms with Crippen LogP contribution in [0.2, 0.25) is 0 Å². The van der Waals surface area contributed by atoms with Crippen LogP contribution in [-0.2, 0) is 25.6 Å². The molecule has 2 aliphatic carbocycles. The molecule has 2 saturated carbocycles. The fraction of sp³-hybridized carbons (Fsp3) is 0.724. The fourth-order valence-electron chi connectivity index (χ4n) is 6.56. The lowest BCUT2D eigenvalue weighted by Gasteiger charge is -2.35. The normalized spacial score (nSPS) is 27.0. The Kier molecular flexibility index (Phi) is 7.86. The zero-order valence-corrected chi connectivity index (χ0v) is 22.7. The molecule has 8 heteroatoms. The van der Waals surface area contributed by atoms with Gasteiger partial charge in [-0.2, -0.15) is 0 Å². The van der Waals surface area contributed by atoms with Crippen LogP contribution in [0.3, 0.4) is 0 Å². The molecule has 8 nitrogen and oxygen atoms in total. The van der Waals surface area contributed by atoms with E-state index >= 15 is 0 Å². The van der Waals surface area contributed by atoms with Crippen molar-refractivity contribution in [3.05, 3.63) is 24.3 Å². The van der Waals surface area contributed by atoms with Gasteiger partial charge >= 0.3 is 0 Å². The third kappa shape index (κ3) is 5.93. The van der Waals surface area contributed by atoms with Crippen molar-refractivity contribution in [2.75, 3.05) is 6.54 Å². The minimum Gasteiger partial charge on any atom is -0.363 e. The van der Waals surface area contributed by atoms with Crippen LogP contribution >= 0.6 is 0 Å². The van der Waals surface area contributed by atoms with Gasteiger partial charge < -0.3 is 10.6 Å². The number of rotatable bonds is 11. The van der Waals surface area contributed by atoms with Gasteiger partial charge in [0.2, 0.25) is 11.7 Å². The van der Waals surface area contributed by atoms with Crippen LogP contribution in [-0.4, -0.2) is 50.8 Å². The molecule has 1 spiro atoms. The average molecular weight is 511 g/mol. The monoisotopic (exact) mass is 510 g/mol. The molecule has 1 aromatic heterocycles. The number of nitrogens with zero attached hydrogens (tertiary/aromatic N) is 3. The van der Waals surface area contributed by atoms with Crippen molar-refractivity contribution >= 4 is 23.4 Å². The second-order valence-corrected chi connectivity index (χ2v) is 12.8. The SMILES string of the molecule is CC[C@H]1CC12CC(C(=O)CC(CC1CCC1)C(=O)C(N)=O)N(C(=O)[C@@H](Cc1ncccn1)C(C)(C)C)C2. The van der Waals surface area contributed by atoms with E-state index in [4.69, 9.17) is 5.73 Å². The molecule has 0 bridgehead atoms. The number of carbonyl (C=O) groups excluding carboxylic acids is 4. The number of likely N-dealkylation sites (tertiary alicyclic amines) is 1. The topological polar surface area (TPSA) is 123 Å². The summed E-state index contributed by atoms with van der Waals surface area (Å²) in [7, 11) is 0. The highest BCUT2D eigenvalue weighted by atomic mass is 16.2. The van der Waals surface area contributed by atoms with E-state index in [1.54, 1.807) is 23.4 Å². The number of aromatic nitrogens is 2. The summed E-state index contributed by atoms with van der Waals surface area (Å²) >= 11 is 0. The summed E-state index contributed by atoms with van der Waals surface area (Å²) < 4.78 is 0. The maximum atomic E-state index is 14.2. The lowest BCUT2D eigenvalue weighted by molar-refractivity contribution is -0.145. The smallest absolute Gasteiger partial charge is 0.285 e. The van der Waals surface area contributed by atoms with Gasteiger partial charge in [-0.25, -0.2) is 9.97 Å². The summed E-state index contributed by atoms with van der Waals surface area (Å²) in [6.07, 6.45) is 10.1. The predicted molar refractivity (Wildman–Crippen MR) is 139 cm³/mol. The first-order valence-corrected chi connectivity index (χ1v) is 13.9. The number of amides is 2. The van der Waals surface area contributed by atoms with Gasteiger partial charge in [-0.1, -0.05) is 53.4 Å². The van der Waals surface area contributed by atoms with E-state index in [9.17, 15) is 19.2 Å². The Morgan fingerprint density at radius 2 is 1.81 bits per heavy atom. The van der Waals surface area contributed by atoms with Crippen molar-refractivity contribution in [3.63, 3.8) is 0 Å². The second kappa shape index (κ2) is 10.6. The molecule has 202 valence electrons. The van der Waals surface area contributed by atoms with Crippen LogP contribution in [0.25, 0.3) is 0 Å². The lowest BCUT2D eigenvalue weighted by atomic mass is 9.76. The molecule has 1 saturated heterocycles. The van der Waals surface area contributed by atoms with Gasteiger partial charge in [0.05, 0.1) is 12.0 Å². The summed E-state index contributed by atoms with van der Waals surface area (Å²) in [5.74, 6) is -1.41. The van der Waals surface area contributed by atoms with Crippen LogP contribution in [0, 0.1) is 34.5 Å². The Hall–Kier alpha value is -2.64. The highest BCUT2D eigenvalue weighted by Gasteiger charge is 2.61. The molecule has 0 aromatic carbocycles. The van der Waals surface area contributed by atoms with Crippen molar-refractivity contribution < 1.29 is 19.2 Å². The minimum absolute atomic E-state index is 0.0203. The highest BCUT2D eigenvalue weighted by molar-refractivity contribution is 6.36. The van der Waals surface area contributed by atoms with Crippen LogP contribution in [0.15, 0.2) is 18.5 Å². The lowest BCUT2D eigenvalue weighted by Crippen LogP contribution is -2.48. The van der Waals surface area contributed by atoms with Crippen LogP contribution in [0.4, 0.5) is 0 Å². The largest absolute Gasteiger partial charge is 0.363 e. The molecule has 2 amide bonds. The number of primary amides is 1. The maximum absolute atomic E-state index is 14.2. The Bertz CT molecular complexity index is 1030. The maximum Gasteiger partial charge on any atom is 0.285 e. The van der Waals surface area contributed by atoms with Crippen molar-refractivity contribution in [3.8, 4) is 0 Å². The first-order valence-electron chi connectivity index (χ1n) is 13.9. The van der Waals surface area contributed by atoms with E-state index in [1.807, 2.05) is 20.8 Å². The highest BCUT2D eigenvalue weighted by Crippen LogP contribution is 2.62. The molecule has 4 rings (SSSR count). The summed E-state index contributed by atoms with van der Waals surface area (Å²) in [5.41, 5.74) is 4.97. The third-order valence-electron chi connectivity index (χ3n) is 9.22. The number of hydrogen-bond donors (Lipinski definition) is 1. The van der Waals surface area contributed by atoms with Gasteiger partial charge in [-0.3, -0.25) is 19.2 Å². The van der Waals surface area contributed by atoms with E-state index in [0.29, 0.717) is 43.5 Å². The molecular weight excluding hydrogens is 468 g/mol. The fourth-order valence-corrected chi connectivity index (χ4v) is 6.56. The summed E-state index contributed by atoms with van der Waals surface area (Å²) in [6.45, 7) is 8.83. The molecule has 3 unspecified atom stereocenters. The van der Waals surface area contributed by atoms with Crippen LogP contribution in [0.1, 0.15) is 84.9 Å². The van der Waals surface area contributed by atoms with Gasteiger partial charge in [0.15, 0.2) is 5.78 Å². The second-order valence-electron chi connectivity index (χ2n) is 12.8. The summed E-state index contributed by atoms with van der Waals surface area (Å²) in [4.78, 5) is 62.9. The molecule has 1 aromatic rings. The summed E-state index contributed by atoms with van der Waals surface area (Å²) in [6, 6.07) is 1.18. The number of nitrogens with two attached hydrogens (primary N) is 1. The zero-order valence-electron chi connectivity index (χ0n) is 22.7. The molecule has 2 heterocycles. The van der Waals surface area contributed by atoms with Crippen molar-refractivity contribution in [2.24, 2.45) is 40.2 Å². The van der Waals surface area contributed by atoms with Gasteiger partial charge in [0, 0.05) is 37.7 Å². The van der Waals surface area contributed by atoms with Gasteiger partial charge in [0.1, 0.15) is 5.82 Å². The van der Waals surface area contributed by atoms with Gasteiger partial charge in [-0.15, -0.1) is 0 Å².